The van der Waals surface area contributed by atoms with Crippen LogP contribution in [-0.2, 0) is 6.42 Å². The number of amides is 1. The van der Waals surface area contributed by atoms with Crippen molar-refractivity contribution in [2.24, 2.45) is 0 Å². The fourth-order valence-electron chi connectivity index (χ4n) is 3.86. The second-order valence-corrected chi connectivity index (χ2v) is 7.39. The summed E-state index contributed by atoms with van der Waals surface area (Å²) in [6.45, 7) is 6.17. The van der Waals surface area contributed by atoms with E-state index in [1.54, 1.807) is 23.0 Å². The van der Waals surface area contributed by atoms with E-state index in [0.29, 0.717) is 12.0 Å². The van der Waals surface area contributed by atoms with Crippen LogP contribution in [0.2, 0.25) is 0 Å². The maximum Gasteiger partial charge on any atom is 0.259 e. The minimum Gasteiger partial charge on any atom is -0.372 e. The smallest absolute Gasteiger partial charge is 0.259 e. The lowest BCUT2D eigenvalue weighted by molar-refractivity contribution is 0.102. The normalized spacial score (nSPS) is 13.7. The SMILES string of the molecule is CCc1c(C(=O)Nc2ccc(N3CCCC3)cc2C)cnn1-c1ccc(F)cc1. The lowest BCUT2D eigenvalue weighted by Crippen LogP contribution is -2.18. The average Bonchev–Trinajstić information content (AvgIpc) is 3.40. The van der Waals surface area contributed by atoms with Gasteiger partial charge in [-0.05, 0) is 74.2 Å². The molecule has 0 unspecified atom stereocenters. The second-order valence-electron chi connectivity index (χ2n) is 7.39. The number of halogens is 1. The highest BCUT2D eigenvalue weighted by Gasteiger charge is 2.19. The van der Waals surface area contributed by atoms with Crippen molar-refractivity contribution in [3.05, 3.63) is 71.3 Å². The van der Waals surface area contributed by atoms with Gasteiger partial charge in [0.25, 0.3) is 5.91 Å². The van der Waals surface area contributed by atoms with Crippen LogP contribution in [0.15, 0.2) is 48.7 Å². The highest BCUT2D eigenvalue weighted by atomic mass is 19.1. The molecule has 2 heterocycles. The van der Waals surface area contributed by atoms with Crippen molar-refractivity contribution in [1.29, 1.82) is 0 Å². The molecule has 1 aromatic heterocycles. The van der Waals surface area contributed by atoms with Gasteiger partial charge in [0.2, 0.25) is 0 Å². The van der Waals surface area contributed by atoms with Crippen LogP contribution in [0, 0.1) is 12.7 Å². The van der Waals surface area contributed by atoms with Crippen molar-refractivity contribution in [3.8, 4) is 5.69 Å². The number of aromatic nitrogens is 2. The number of rotatable bonds is 5. The molecule has 29 heavy (non-hydrogen) atoms. The third kappa shape index (κ3) is 3.88. The van der Waals surface area contributed by atoms with Crippen LogP contribution < -0.4 is 10.2 Å². The van der Waals surface area contributed by atoms with Gasteiger partial charge in [-0.1, -0.05) is 6.92 Å². The Morgan fingerprint density at radius 2 is 1.79 bits per heavy atom. The van der Waals surface area contributed by atoms with E-state index < -0.39 is 0 Å². The summed E-state index contributed by atoms with van der Waals surface area (Å²) in [7, 11) is 0. The molecule has 4 rings (SSSR count). The Morgan fingerprint density at radius 1 is 1.10 bits per heavy atom. The summed E-state index contributed by atoms with van der Waals surface area (Å²) in [5.41, 5.74) is 5.09. The molecule has 6 heteroatoms. The second kappa shape index (κ2) is 8.07. The van der Waals surface area contributed by atoms with Crippen molar-refractivity contribution < 1.29 is 9.18 Å². The van der Waals surface area contributed by atoms with Gasteiger partial charge < -0.3 is 10.2 Å². The average molecular weight is 392 g/mol. The van der Waals surface area contributed by atoms with E-state index in [1.807, 2.05) is 19.9 Å². The third-order valence-electron chi connectivity index (χ3n) is 5.45. The summed E-state index contributed by atoms with van der Waals surface area (Å²) in [5.74, 6) is -0.489. The molecular weight excluding hydrogens is 367 g/mol. The number of benzene rings is 2. The van der Waals surface area contributed by atoms with Gasteiger partial charge in [-0.3, -0.25) is 4.79 Å². The number of carbonyl (C=O) groups is 1. The molecule has 1 fully saturated rings. The summed E-state index contributed by atoms with van der Waals surface area (Å²) in [6.07, 6.45) is 4.67. The molecule has 1 saturated heterocycles. The molecule has 1 aliphatic rings. The first kappa shape index (κ1) is 19.2. The van der Waals surface area contributed by atoms with Gasteiger partial charge in [-0.2, -0.15) is 5.10 Å². The molecule has 0 spiro atoms. The van der Waals surface area contributed by atoms with Crippen LogP contribution in [0.4, 0.5) is 15.8 Å². The molecule has 1 N–H and O–H groups in total. The minimum atomic E-state index is -0.301. The Hall–Kier alpha value is -3.15. The van der Waals surface area contributed by atoms with Crippen molar-refractivity contribution in [2.75, 3.05) is 23.3 Å². The van der Waals surface area contributed by atoms with E-state index in [-0.39, 0.29) is 11.7 Å². The minimum absolute atomic E-state index is 0.188. The van der Waals surface area contributed by atoms with Crippen LogP contribution in [0.1, 0.15) is 41.4 Å². The topological polar surface area (TPSA) is 50.2 Å². The first-order valence-corrected chi connectivity index (χ1v) is 10.1. The molecular formula is C23H25FN4O. The summed E-state index contributed by atoms with van der Waals surface area (Å²) >= 11 is 0. The van der Waals surface area contributed by atoms with E-state index >= 15 is 0 Å². The molecule has 0 atom stereocenters. The zero-order valence-electron chi connectivity index (χ0n) is 16.8. The van der Waals surface area contributed by atoms with Crippen LogP contribution in [0.25, 0.3) is 5.69 Å². The predicted octanol–water partition coefficient (Wildman–Crippen LogP) is 4.73. The molecule has 2 aromatic carbocycles. The number of hydrogen-bond donors (Lipinski definition) is 1. The van der Waals surface area contributed by atoms with Crippen LogP contribution >= 0.6 is 0 Å². The van der Waals surface area contributed by atoms with Gasteiger partial charge in [0.1, 0.15) is 5.82 Å². The predicted molar refractivity (Wildman–Crippen MR) is 113 cm³/mol. The fourth-order valence-corrected chi connectivity index (χ4v) is 3.86. The maximum absolute atomic E-state index is 13.2. The molecule has 0 bridgehead atoms. The van der Waals surface area contributed by atoms with Crippen LogP contribution in [0.3, 0.4) is 0 Å². The number of nitrogens with one attached hydrogen (secondary N) is 1. The van der Waals surface area contributed by atoms with Gasteiger partial charge in [0, 0.05) is 24.5 Å². The van der Waals surface area contributed by atoms with E-state index in [1.165, 1.54) is 30.7 Å². The quantitative estimate of drug-likeness (QED) is 0.683. The highest BCUT2D eigenvalue weighted by molar-refractivity contribution is 6.05. The largest absolute Gasteiger partial charge is 0.372 e. The molecule has 0 saturated carbocycles. The molecule has 0 aliphatic carbocycles. The van der Waals surface area contributed by atoms with Gasteiger partial charge >= 0.3 is 0 Å². The zero-order chi connectivity index (χ0) is 20.4. The number of anilines is 2. The maximum atomic E-state index is 13.2. The van der Waals surface area contributed by atoms with Crippen LogP contribution in [0.5, 0.6) is 0 Å². The van der Waals surface area contributed by atoms with Crippen molar-refractivity contribution >= 4 is 17.3 Å². The highest BCUT2D eigenvalue weighted by Crippen LogP contribution is 2.26. The van der Waals surface area contributed by atoms with Crippen molar-refractivity contribution in [1.82, 2.24) is 9.78 Å². The lowest BCUT2D eigenvalue weighted by Gasteiger charge is -2.19. The van der Waals surface area contributed by atoms with Gasteiger partial charge in [0.15, 0.2) is 0 Å². The van der Waals surface area contributed by atoms with Gasteiger partial charge in [0.05, 0.1) is 23.1 Å². The fraction of sp³-hybridized carbons (Fsp3) is 0.304. The number of hydrogen-bond acceptors (Lipinski definition) is 3. The first-order chi connectivity index (χ1) is 14.1. The van der Waals surface area contributed by atoms with Gasteiger partial charge in [-0.15, -0.1) is 0 Å². The summed E-state index contributed by atoms with van der Waals surface area (Å²) in [6, 6.07) is 12.3. The molecule has 1 aliphatic heterocycles. The van der Waals surface area contributed by atoms with Crippen molar-refractivity contribution in [2.45, 2.75) is 33.1 Å². The Kier molecular flexibility index (Phi) is 5.34. The zero-order valence-corrected chi connectivity index (χ0v) is 16.8. The molecule has 1 amide bonds. The number of aryl methyl sites for hydroxylation is 1. The summed E-state index contributed by atoms with van der Waals surface area (Å²) in [4.78, 5) is 15.3. The molecule has 150 valence electrons. The van der Waals surface area contributed by atoms with Crippen molar-refractivity contribution in [3.63, 3.8) is 0 Å². The molecule has 5 nitrogen and oxygen atoms in total. The Bertz CT molecular complexity index is 1020. The molecule has 0 radical (unpaired) electrons. The molecule has 3 aromatic rings. The first-order valence-electron chi connectivity index (χ1n) is 10.1. The van der Waals surface area contributed by atoms with E-state index in [2.05, 4.69) is 27.4 Å². The third-order valence-corrected chi connectivity index (χ3v) is 5.45. The van der Waals surface area contributed by atoms with E-state index in [9.17, 15) is 9.18 Å². The standard InChI is InChI=1S/C23H25FN4O/c1-3-22-20(15-25-28(22)18-8-6-17(24)7-9-18)23(29)26-21-11-10-19(14-16(21)2)27-12-4-5-13-27/h6-11,14-15H,3-5,12-13H2,1-2H3,(H,26,29). The number of nitrogens with zero attached hydrogens (tertiary/aromatic N) is 3. The summed E-state index contributed by atoms with van der Waals surface area (Å²) in [5, 5.41) is 7.39. The Morgan fingerprint density at radius 3 is 2.45 bits per heavy atom. The monoisotopic (exact) mass is 392 g/mol. The lowest BCUT2D eigenvalue weighted by atomic mass is 10.1. The number of carbonyl (C=O) groups excluding carboxylic acids is 1. The van der Waals surface area contributed by atoms with E-state index in [0.717, 1.165) is 35.7 Å². The van der Waals surface area contributed by atoms with Crippen LogP contribution in [-0.4, -0.2) is 28.8 Å². The summed E-state index contributed by atoms with van der Waals surface area (Å²) < 4.78 is 14.9. The Balaban J connectivity index is 1.56. The van der Waals surface area contributed by atoms with Gasteiger partial charge in [-0.25, -0.2) is 9.07 Å². The van der Waals surface area contributed by atoms with E-state index in [4.69, 9.17) is 0 Å². The Labute approximate surface area is 170 Å².